The molecule has 1 aromatic rings. The average Bonchev–Trinajstić information content (AvgIpc) is 2.65. The lowest BCUT2D eigenvalue weighted by molar-refractivity contribution is 0.179. The molecule has 1 aliphatic carbocycles. The highest BCUT2D eigenvalue weighted by Crippen LogP contribution is 2.23. The van der Waals surface area contributed by atoms with Crippen LogP contribution in [0, 0.1) is 0 Å². The van der Waals surface area contributed by atoms with E-state index >= 15 is 0 Å². The molecular formula is C16H26N2. The Morgan fingerprint density at radius 2 is 1.89 bits per heavy atom. The minimum absolute atomic E-state index is 0.777. The molecule has 0 atom stereocenters. The molecule has 2 nitrogen and oxygen atoms in total. The lowest BCUT2D eigenvalue weighted by Crippen LogP contribution is -2.34. The number of hydrogen-bond acceptors (Lipinski definition) is 2. The summed E-state index contributed by atoms with van der Waals surface area (Å²) in [5.74, 6) is 0. The summed E-state index contributed by atoms with van der Waals surface area (Å²) in [4.78, 5) is 2.63. The smallest absolute Gasteiger partial charge is 0.0317 e. The first-order chi connectivity index (χ1) is 8.79. The molecule has 0 heterocycles. The second-order valence-electron chi connectivity index (χ2n) is 5.45. The predicted octanol–water partition coefficient (Wildman–Crippen LogP) is 3.81. The minimum atomic E-state index is 0.777. The van der Waals surface area contributed by atoms with Gasteiger partial charge in [0.1, 0.15) is 0 Å². The van der Waals surface area contributed by atoms with Crippen molar-refractivity contribution in [3.8, 4) is 0 Å². The van der Waals surface area contributed by atoms with Crippen LogP contribution in [0.15, 0.2) is 24.3 Å². The molecule has 0 saturated heterocycles. The van der Waals surface area contributed by atoms with Crippen molar-refractivity contribution in [2.45, 2.75) is 58.0 Å². The summed E-state index contributed by atoms with van der Waals surface area (Å²) in [5.41, 5.74) is 8.09. The minimum Gasteiger partial charge on any atom is -0.399 e. The first-order valence-corrected chi connectivity index (χ1v) is 7.38. The number of nitrogens with two attached hydrogens (primary N) is 1. The molecule has 2 heteroatoms. The number of anilines is 1. The fourth-order valence-corrected chi connectivity index (χ4v) is 3.05. The van der Waals surface area contributed by atoms with E-state index in [2.05, 4.69) is 30.0 Å². The van der Waals surface area contributed by atoms with Gasteiger partial charge in [0.05, 0.1) is 0 Å². The predicted molar refractivity (Wildman–Crippen MR) is 78.4 cm³/mol. The molecule has 0 amide bonds. The Kier molecular flexibility index (Phi) is 5.06. The molecule has 1 aliphatic rings. The maximum absolute atomic E-state index is 5.86. The van der Waals surface area contributed by atoms with Gasteiger partial charge in [-0.2, -0.15) is 0 Å². The number of benzene rings is 1. The van der Waals surface area contributed by atoms with Crippen LogP contribution >= 0.6 is 0 Å². The van der Waals surface area contributed by atoms with E-state index in [4.69, 9.17) is 5.73 Å². The van der Waals surface area contributed by atoms with E-state index in [-0.39, 0.29) is 0 Å². The largest absolute Gasteiger partial charge is 0.399 e. The molecule has 0 bridgehead atoms. The van der Waals surface area contributed by atoms with Gasteiger partial charge in [-0.05, 0) is 37.1 Å². The van der Waals surface area contributed by atoms with Crippen LogP contribution in [0.2, 0.25) is 0 Å². The van der Waals surface area contributed by atoms with E-state index in [1.807, 2.05) is 6.07 Å². The zero-order chi connectivity index (χ0) is 12.8. The van der Waals surface area contributed by atoms with Gasteiger partial charge in [0.15, 0.2) is 0 Å². The summed E-state index contributed by atoms with van der Waals surface area (Å²) in [5, 5.41) is 0. The molecule has 1 fully saturated rings. The highest BCUT2D eigenvalue weighted by atomic mass is 15.1. The maximum Gasteiger partial charge on any atom is 0.0317 e. The van der Waals surface area contributed by atoms with Crippen molar-refractivity contribution in [2.24, 2.45) is 0 Å². The highest BCUT2D eigenvalue weighted by molar-refractivity contribution is 5.40. The number of rotatable bonds is 4. The van der Waals surface area contributed by atoms with E-state index in [0.29, 0.717) is 0 Å². The molecule has 2 rings (SSSR count). The van der Waals surface area contributed by atoms with Crippen LogP contribution in [-0.2, 0) is 6.54 Å². The van der Waals surface area contributed by atoms with Crippen LogP contribution in [0.4, 0.5) is 5.69 Å². The van der Waals surface area contributed by atoms with Gasteiger partial charge in [-0.15, -0.1) is 0 Å². The first kappa shape index (κ1) is 13.4. The normalized spacial score (nSPS) is 17.9. The van der Waals surface area contributed by atoms with Crippen molar-refractivity contribution in [2.75, 3.05) is 12.3 Å². The van der Waals surface area contributed by atoms with Crippen molar-refractivity contribution >= 4 is 5.69 Å². The van der Waals surface area contributed by atoms with Crippen molar-refractivity contribution in [3.63, 3.8) is 0 Å². The molecule has 0 unspecified atom stereocenters. The van der Waals surface area contributed by atoms with Gasteiger partial charge < -0.3 is 5.73 Å². The maximum atomic E-state index is 5.86. The molecule has 1 saturated carbocycles. The Bertz CT molecular complexity index is 354. The number of nitrogen functional groups attached to an aromatic ring is 1. The molecule has 2 N–H and O–H groups in total. The molecule has 0 aromatic heterocycles. The van der Waals surface area contributed by atoms with Gasteiger partial charge in [-0.3, -0.25) is 4.90 Å². The van der Waals surface area contributed by atoms with Gasteiger partial charge in [0.2, 0.25) is 0 Å². The third-order valence-corrected chi connectivity index (χ3v) is 4.08. The fraction of sp³-hybridized carbons (Fsp3) is 0.625. The van der Waals surface area contributed by atoms with Crippen molar-refractivity contribution in [3.05, 3.63) is 29.8 Å². The van der Waals surface area contributed by atoms with Crippen molar-refractivity contribution < 1.29 is 0 Å². The molecule has 0 aliphatic heterocycles. The first-order valence-electron chi connectivity index (χ1n) is 7.38. The zero-order valence-corrected chi connectivity index (χ0v) is 11.6. The summed E-state index contributed by atoms with van der Waals surface area (Å²) in [6, 6.07) is 9.10. The topological polar surface area (TPSA) is 29.3 Å². The van der Waals surface area contributed by atoms with E-state index in [1.165, 1.54) is 44.1 Å². The van der Waals surface area contributed by atoms with Gasteiger partial charge in [-0.25, -0.2) is 0 Å². The van der Waals surface area contributed by atoms with Gasteiger partial charge >= 0.3 is 0 Å². The van der Waals surface area contributed by atoms with Crippen molar-refractivity contribution in [1.29, 1.82) is 0 Å². The summed E-state index contributed by atoms with van der Waals surface area (Å²) in [6.07, 6.45) is 8.39. The monoisotopic (exact) mass is 246 g/mol. The second-order valence-corrected chi connectivity index (χ2v) is 5.45. The molecule has 18 heavy (non-hydrogen) atoms. The Hall–Kier alpha value is -1.02. The van der Waals surface area contributed by atoms with Crippen molar-refractivity contribution in [1.82, 2.24) is 4.90 Å². The zero-order valence-electron chi connectivity index (χ0n) is 11.6. The molecule has 100 valence electrons. The summed E-state index contributed by atoms with van der Waals surface area (Å²) < 4.78 is 0. The quantitative estimate of drug-likeness (QED) is 0.646. The van der Waals surface area contributed by atoms with Crippen LogP contribution in [0.1, 0.15) is 51.0 Å². The fourth-order valence-electron chi connectivity index (χ4n) is 3.05. The van der Waals surface area contributed by atoms with Crippen LogP contribution < -0.4 is 5.73 Å². The van der Waals surface area contributed by atoms with E-state index in [0.717, 1.165) is 24.8 Å². The SMILES string of the molecule is CCN(Cc1cccc(N)c1)C1CCCCCC1. The Labute approximate surface area is 111 Å². The third kappa shape index (κ3) is 3.74. The standard InChI is InChI=1S/C16H26N2/c1-2-18(16-10-5-3-4-6-11-16)13-14-8-7-9-15(17)12-14/h7-9,12,16H,2-6,10-11,13,17H2,1H3. The van der Waals surface area contributed by atoms with E-state index < -0.39 is 0 Å². The lowest BCUT2D eigenvalue weighted by Gasteiger charge is -2.30. The van der Waals surface area contributed by atoms with E-state index in [1.54, 1.807) is 0 Å². The Morgan fingerprint density at radius 1 is 1.17 bits per heavy atom. The lowest BCUT2D eigenvalue weighted by atomic mass is 10.1. The Morgan fingerprint density at radius 3 is 2.50 bits per heavy atom. The summed E-state index contributed by atoms with van der Waals surface area (Å²) in [7, 11) is 0. The van der Waals surface area contributed by atoms with Gasteiger partial charge in [0.25, 0.3) is 0 Å². The average molecular weight is 246 g/mol. The van der Waals surface area contributed by atoms with Crippen LogP contribution in [0.3, 0.4) is 0 Å². The van der Waals surface area contributed by atoms with Crippen LogP contribution in [-0.4, -0.2) is 17.5 Å². The molecule has 1 aromatic carbocycles. The van der Waals surface area contributed by atoms with Gasteiger partial charge in [-0.1, -0.05) is 44.7 Å². The molecule has 0 radical (unpaired) electrons. The van der Waals surface area contributed by atoms with E-state index in [9.17, 15) is 0 Å². The third-order valence-electron chi connectivity index (χ3n) is 4.08. The summed E-state index contributed by atoms with van der Waals surface area (Å²) >= 11 is 0. The highest BCUT2D eigenvalue weighted by Gasteiger charge is 2.18. The second kappa shape index (κ2) is 6.79. The number of hydrogen-bond donors (Lipinski definition) is 1. The summed E-state index contributed by atoms with van der Waals surface area (Å²) in [6.45, 7) is 4.46. The van der Waals surface area contributed by atoms with Crippen LogP contribution in [0.25, 0.3) is 0 Å². The molecular weight excluding hydrogens is 220 g/mol. The molecule has 0 spiro atoms. The number of nitrogens with zero attached hydrogens (tertiary/aromatic N) is 1. The van der Waals surface area contributed by atoms with Gasteiger partial charge in [0, 0.05) is 18.3 Å². The van der Waals surface area contributed by atoms with Crippen LogP contribution in [0.5, 0.6) is 0 Å². The Balaban J connectivity index is 1.99.